The quantitative estimate of drug-likeness (QED) is 0.733. The predicted octanol–water partition coefficient (Wildman–Crippen LogP) is 5.18. The van der Waals surface area contributed by atoms with Crippen molar-refractivity contribution in [2.45, 2.75) is 31.0 Å². The van der Waals surface area contributed by atoms with E-state index in [1.807, 2.05) is 18.2 Å². The molecule has 0 aliphatic carbocycles. The minimum atomic E-state index is -4.39. The van der Waals surface area contributed by atoms with E-state index in [-0.39, 0.29) is 12.4 Å². The highest BCUT2D eigenvalue weighted by Gasteiger charge is 2.38. The van der Waals surface area contributed by atoms with E-state index in [4.69, 9.17) is 0 Å². The second-order valence-electron chi connectivity index (χ2n) is 6.53. The van der Waals surface area contributed by atoms with Crippen molar-refractivity contribution in [2.24, 2.45) is 0 Å². The third-order valence-corrected chi connectivity index (χ3v) is 4.92. The molecule has 138 valence electrons. The molecule has 2 nitrogen and oxygen atoms in total. The van der Waals surface area contributed by atoms with Gasteiger partial charge in [0.2, 0.25) is 0 Å². The summed E-state index contributed by atoms with van der Waals surface area (Å²) in [4.78, 5) is 2.25. The lowest BCUT2D eigenvalue weighted by Crippen LogP contribution is -2.41. The van der Waals surface area contributed by atoms with Crippen molar-refractivity contribution in [2.75, 3.05) is 13.1 Å². The molecule has 1 aliphatic heterocycles. The van der Waals surface area contributed by atoms with Crippen LogP contribution >= 0.6 is 12.4 Å². The fraction of sp³-hybridized carbons (Fsp3) is 0.350. The number of hydrogen-bond acceptors (Lipinski definition) is 2. The molecular weight excluding hydrogens is 361 g/mol. The van der Waals surface area contributed by atoms with Gasteiger partial charge in [0.05, 0.1) is 17.0 Å². The Hall–Kier alpha value is -2.03. The molecule has 0 unspecified atom stereocenters. The van der Waals surface area contributed by atoms with Crippen molar-refractivity contribution in [3.05, 3.63) is 71.3 Å². The highest BCUT2D eigenvalue weighted by atomic mass is 35.5. The Kier molecular flexibility index (Phi) is 6.33. The van der Waals surface area contributed by atoms with E-state index < -0.39 is 17.2 Å². The average Bonchev–Trinajstić information content (AvgIpc) is 2.63. The topological polar surface area (TPSA) is 27.0 Å². The van der Waals surface area contributed by atoms with E-state index in [1.165, 1.54) is 11.6 Å². The summed E-state index contributed by atoms with van der Waals surface area (Å²) in [7, 11) is 0. The molecule has 0 saturated carbocycles. The molecular formula is C20H20ClF3N2. The number of rotatable bonds is 3. The second-order valence-corrected chi connectivity index (χ2v) is 6.53. The number of piperidine rings is 1. The molecule has 1 fully saturated rings. The summed E-state index contributed by atoms with van der Waals surface area (Å²) < 4.78 is 38.9. The van der Waals surface area contributed by atoms with Gasteiger partial charge in [0.1, 0.15) is 0 Å². The molecule has 0 spiro atoms. The number of alkyl halides is 3. The monoisotopic (exact) mass is 380 g/mol. The van der Waals surface area contributed by atoms with Crippen LogP contribution in [0.4, 0.5) is 13.2 Å². The fourth-order valence-electron chi connectivity index (χ4n) is 3.39. The van der Waals surface area contributed by atoms with Crippen molar-refractivity contribution in [3.63, 3.8) is 0 Å². The lowest BCUT2D eigenvalue weighted by Gasteiger charge is -2.37. The normalized spacial score (nSPS) is 17.2. The number of hydrogen-bond donors (Lipinski definition) is 0. The number of halogens is 4. The molecule has 0 amide bonds. The average molecular weight is 381 g/mol. The number of nitrogens with zero attached hydrogens (tertiary/aromatic N) is 2. The Balaban J connectivity index is 0.00000243. The van der Waals surface area contributed by atoms with Crippen LogP contribution in [0, 0.1) is 11.3 Å². The van der Waals surface area contributed by atoms with E-state index in [9.17, 15) is 18.4 Å². The second kappa shape index (κ2) is 8.11. The van der Waals surface area contributed by atoms with E-state index in [1.54, 1.807) is 6.07 Å². The van der Waals surface area contributed by atoms with Crippen molar-refractivity contribution in [1.29, 1.82) is 5.26 Å². The molecule has 2 aromatic carbocycles. The van der Waals surface area contributed by atoms with E-state index in [0.29, 0.717) is 31.5 Å². The molecule has 1 heterocycles. The summed E-state index contributed by atoms with van der Waals surface area (Å²) >= 11 is 0. The van der Waals surface area contributed by atoms with Gasteiger partial charge in [0.15, 0.2) is 0 Å². The van der Waals surface area contributed by atoms with Crippen LogP contribution in [-0.4, -0.2) is 18.0 Å². The van der Waals surface area contributed by atoms with Crippen LogP contribution in [0.5, 0.6) is 0 Å². The maximum atomic E-state index is 13.0. The first-order valence-electron chi connectivity index (χ1n) is 8.28. The van der Waals surface area contributed by atoms with Gasteiger partial charge >= 0.3 is 6.18 Å². The van der Waals surface area contributed by atoms with Gasteiger partial charge in [-0.3, -0.25) is 4.90 Å². The van der Waals surface area contributed by atoms with Gasteiger partial charge in [0, 0.05) is 19.6 Å². The summed E-state index contributed by atoms with van der Waals surface area (Å²) in [6.45, 7) is 2.18. The molecule has 0 radical (unpaired) electrons. The minimum absolute atomic E-state index is 0. The molecule has 26 heavy (non-hydrogen) atoms. The fourth-order valence-corrected chi connectivity index (χ4v) is 3.39. The Bertz CT molecular complexity index is 761. The third kappa shape index (κ3) is 4.38. The molecule has 0 bridgehead atoms. The summed E-state index contributed by atoms with van der Waals surface area (Å²) in [5, 5.41) is 9.71. The Labute approximate surface area is 157 Å². The summed E-state index contributed by atoms with van der Waals surface area (Å²) in [6.07, 6.45) is -3.31. The summed E-state index contributed by atoms with van der Waals surface area (Å²) in [5.74, 6) is 0. The molecule has 0 atom stereocenters. The zero-order chi connectivity index (χ0) is 17.9. The van der Waals surface area contributed by atoms with E-state index in [0.717, 1.165) is 18.7 Å². The molecule has 1 aliphatic rings. The summed E-state index contributed by atoms with van der Waals surface area (Å²) in [5.41, 5.74) is 0.149. The Morgan fingerprint density at radius 2 is 1.65 bits per heavy atom. The molecule has 2 aromatic rings. The Morgan fingerprint density at radius 3 is 2.23 bits per heavy atom. The van der Waals surface area contributed by atoms with Gasteiger partial charge in [-0.25, -0.2) is 0 Å². The van der Waals surface area contributed by atoms with Gasteiger partial charge in [-0.1, -0.05) is 48.5 Å². The highest BCUT2D eigenvalue weighted by molar-refractivity contribution is 5.85. The van der Waals surface area contributed by atoms with Gasteiger partial charge in [-0.2, -0.15) is 18.4 Å². The van der Waals surface area contributed by atoms with E-state index >= 15 is 0 Å². The molecule has 6 heteroatoms. The molecule has 0 aromatic heterocycles. The zero-order valence-corrected chi connectivity index (χ0v) is 15.0. The number of benzene rings is 2. The van der Waals surface area contributed by atoms with Gasteiger partial charge < -0.3 is 0 Å². The van der Waals surface area contributed by atoms with Crippen LogP contribution in [0.15, 0.2) is 54.6 Å². The highest BCUT2D eigenvalue weighted by Crippen LogP contribution is 2.38. The minimum Gasteiger partial charge on any atom is -0.299 e. The maximum absolute atomic E-state index is 13.0. The SMILES string of the molecule is Cl.N#CC1(c2cccc(C(F)(F)F)c2)CCN(Cc2ccccc2)CC1. The first-order valence-corrected chi connectivity index (χ1v) is 8.28. The van der Waals surface area contributed by atoms with Crippen LogP contribution in [0.25, 0.3) is 0 Å². The molecule has 0 N–H and O–H groups in total. The zero-order valence-electron chi connectivity index (χ0n) is 14.2. The van der Waals surface area contributed by atoms with Crippen molar-refractivity contribution >= 4 is 12.4 Å². The largest absolute Gasteiger partial charge is 0.416 e. The first kappa shape index (κ1) is 20.3. The van der Waals surface area contributed by atoms with Gasteiger partial charge in [0.25, 0.3) is 0 Å². The predicted molar refractivity (Wildman–Crippen MR) is 96.9 cm³/mol. The van der Waals surface area contributed by atoms with Gasteiger partial charge in [-0.15, -0.1) is 12.4 Å². The third-order valence-electron chi connectivity index (χ3n) is 4.92. The Morgan fingerprint density at radius 1 is 1.00 bits per heavy atom. The first-order chi connectivity index (χ1) is 11.9. The van der Waals surface area contributed by atoms with Crippen LogP contribution in [0.2, 0.25) is 0 Å². The lowest BCUT2D eigenvalue weighted by atomic mass is 9.73. The maximum Gasteiger partial charge on any atom is 0.416 e. The van der Waals surface area contributed by atoms with Crippen LogP contribution < -0.4 is 0 Å². The lowest BCUT2D eigenvalue weighted by molar-refractivity contribution is -0.137. The smallest absolute Gasteiger partial charge is 0.299 e. The van der Waals surface area contributed by atoms with Crippen LogP contribution in [0.1, 0.15) is 29.5 Å². The van der Waals surface area contributed by atoms with Crippen LogP contribution in [0.3, 0.4) is 0 Å². The number of likely N-dealkylation sites (tertiary alicyclic amines) is 1. The van der Waals surface area contributed by atoms with Gasteiger partial charge in [-0.05, 0) is 30.0 Å². The molecule has 3 rings (SSSR count). The van der Waals surface area contributed by atoms with Crippen LogP contribution in [-0.2, 0) is 18.1 Å². The van der Waals surface area contributed by atoms with Crippen molar-refractivity contribution < 1.29 is 13.2 Å². The molecule has 1 saturated heterocycles. The summed E-state index contributed by atoms with van der Waals surface area (Å²) in [6, 6.07) is 17.6. The van der Waals surface area contributed by atoms with Crippen molar-refractivity contribution in [1.82, 2.24) is 4.90 Å². The standard InChI is InChI=1S/C20H19F3N2.ClH/c21-20(22,23)18-8-4-7-17(13-18)19(15-24)9-11-25(12-10-19)14-16-5-2-1-3-6-16;/h1-8,13H,9-12,14H2;1H. The number of nitriles is 1. The van der Waals surface area contributed by atoms with E-state index in [2.05, 4.69) is 23.1 Å². The van der Waals surface area contributed by atoms with Crippen molar-refractivity contribution in [3.8, 4) is 6.07 Å².